The summed E-state index contributed by atoms with van der Waals surface area (Å²) in [6, 6.07) is 17.8. The predicted octanol–water partition coefficient (Wildman–Crippen LogP) is 5.78. The highest BCUT2D eigenvalue weighted by Crippen LogP contribution is 2.50. The number of anilines is 2. The number of ether oxygens (including phenoxy) is 1. The van der Waals surface area contributed by atoms with E-state index in [9.17, 15) is 9.18 Å². The van der Waals surface area contributed by atoms with E-state index in [4.69, 9.17) is 16.3 Å². The van der Waals surface area contributed by atoms with Gasteiger partial charge in [0.05, 0.1) is 18.2 Å². The van der Waals surface area contributed by atoms with Gasteiger partial charge in [0, 0.05) is 10.7 Å². The molecule has 0 saturated carbocycles. The van der Waals surface area contributed by atoms with Gasteiger partial charge in [-0.25, -0.2) is 4.39 Å². The van der Waals surface area contributed by atoms with E-state index in [1.54, 1.807) is 29.2 Å². The molecular weight excluding hydrogens is 377 g/mol. The molecule has 1 heterocycles. The molecule has 1 unspecified atom stereocenters. The SMILES string of the molecule is COc1ccc(C2(C)C(=O)N(c3cccc(C)c3)c3ccc(Cl)cc32)cc1F. The van der Waals surface area contributed by atoms with Gasteiger partial charge in [-0.2, -0.15) is 0 Å². The topological polar surface area (TPSA) is 29.5 Å². The Morgan fingerprint density at radius 2 is 1.86 bits per heavy atom. The third-order valence-electron chi connectivity index (χ3n) is 5.36. The molecule has 5 heteroatoms. The molecule has 28 heavy (non-hydrogen) atoms. The molecule has 3 nitrogen and oxygen atoms in total. The Hall–Kier alpha value is -2.85. The molecule has 0 radical (unpaired) electrons. The number of hydrogen-bond acceptors (Lipinski definition) is 2. The van der Waals surface area contributed by atoms with Crippen molar-refractivity contribution in [1.29, 1.82) is 0 Å². The predicted molar refractivity (Wildman–Crippen MR) is 109 cm³/mol. The molecule has 0 saturated heterocycles. The molecule has 1 aliphatic rings. The molecule has 4 rings (SSSR count). The van der Waals surface area contributed by atoms with Crippen LogP contribution in [0.1, 0.15) is 23.6 Å². The molecule has 0 aliphatic carbocycles. The lowest BCUT2D eigenvalue weighted by Crippen LogP contribution is -2.36. The van der Waals surface area contributed by atoms with Gasteiger partial charge < -0.3 is 4.74 Å². The summed E-state index contributed by atoms with van der Waals surface area (Å²) in [5.41, 5.74) is 2.79. The number of halogens is 2. The molecular formula is C23H19ClFNO2. The van der Waals surface area contributed by atoms with Crippen molar-refractivity contribution in [2.24, 2.45) is 0 Å². The number of carbonyl (C=O) groups is 1. The molecule has 0 bridgehead atoms. The van der Waals surface area contributed by atoms with Crippen LogP contribution in [0.2, 0.25) is 5.02 Å². The van der Waals surface area contributed by atoms with Gasteiger partial charge in [0.2, 0.25) is 5.91 Å². The third kappa shape index (κ3) is 2.68. The third-order valence-corrected chi connectivity index (χ3v) is 5.59. The fourth-order valence-corrected chi connectivity index (χ4v) is 4.00. The van der Waals surface area contributed by atoms with Crippen molar-refractivity contribution in [3.05, 3.63) is 88.2 Å². The second-order valence-corrected chi connectivity index (χ2v) is 7.55. The van der Waals surface area contributed by atoms with Crippen LogP contribution in [0, 0.1) is 12.7 Å². The van der Waals surface area contributed by atoms with Gasteiger partial charge >= 0.3 is 0 Å². The number of aryl methyl sites for hydroxylation is 1. The fourth-order valence-electron chi connectivity index (χ4n) is 3.83. The van der Waals surface area contributed by atoms with Crippen LogP contribution in [0.4, 0.5) is 15.8 Å². The maximum atomic E-state index is 14.5. The smallest absolute Gasteiger partial charge is 0.246 e. The largest absolute Gasteiger partial charge is 0.494 e. The van der Waals surface area contributed by atoms with E-state index in [-0.39, 0.29) is 11.7 Å². The van der Waals surface area contributed by atoms with E-state index >= 15 is 0 Å². The molecule has 0 N–H and O–H groups in total. The van der Waals surface area contributed by atoms with Gasteiger partial charge in [-0.05, 0) is 73.0 Å². The van der Waals surface area contributed by atoms with Gasteiger partial charge in [-0.15, -0.1) is 0 Å². The molecule has 1 atom stereocenters. The summed E-state index contributed by atoms with van der Waals surface area (Å²) in [6.07, 6.45) is 0. The lowest BCUT2D eigenvalue weighted by molar-refractivity contribution is -0.120. The minimum absolute atomic E-state index is 0.139. The van der Waals surface area contributed by atoms with Crippen molar-refractivity contribution in [2.75, 3.05) is 12.0 Å². The van der Waals surface area contributed by atoms with Crippen LogP contribution in [-0.4, -0.2) is 13.0 Å². The van der Waals surface area contributed by atoms with Crippen LogP contribution in [0.3, 0.4) is 0 Å². The summed E-state index contributed by atoms with van der Waals surface area (Å²) in [7, 11) is 1.41. The summed E-state index contributed by atoms with van der Waals surface area (Å²) < 4.78 is 19.5. The maximum absolute atomic E-state index is 14.5. The number of amides is 1. The lowest BCUT2D eigenvalue weighted by Gasteiger charge is -2.25. The van der Waals surface area contributed by atoms with Crippen LogP contribution in [0.15, 0.2) is 60.7 Å². The van der Waals surface area contributed by atoms with Gasteiger partial charge in [-0.3, -0.25) is 9.69 Å². The van der Waals surface area contributed by atoms with E-state index in [0.717, 1.165) is 22.5 Å². The van der Waals surface area contributed by atoms with Gasteiger partial charge in [-0.1, -0.05) is 29.8 Å². The van der Waals surface area contributed by atoms with E-state index in [1.165, 1.54) is 13.2 Å². The summed E-state index contributed by atoms with van der Waals surface area (Å²) in [6.45, 7) is 3.78. The first-order chi connectivity index (χ1) is 13.4. The molecule has 3 aromatic carbocycles. The quantitative estimate of drug-likeness (QED) is 0.562. The molecule has 0 aromatic heterocycles. The van der Waals surface area contributed by atoms with Crippen molar-refractivity contribution in [3.8, 4) is 5.75 Å². The summed E-state index contributed by atoms with van der Waals surface area (Å²) >= 11 is 6.26. The van der Waals surface area contributed by atoms with Crippen molar-refractivity contribution in [2.45, 2.75) is 19.3 Å². The van der Waals surface area contributed by atoms with Crippen LogP contribution in [-0.2, 0) is 10.2 Å². The van der Waals surface area contributed by atoms with Gasteiger partial charge in [0.15, 0.2) is 11.6 Å². The average molecular weight is 396 g/mol. The second kappa shape index (κ2) is 6.64. The Labute approximate surface area is 168 Å². The van der Waals surface area contributed by atoms with Gasteiger partial charge in [0.25, 0.3) is 0 Å². The number of nitrogens with zero attached hydrogens (tertiary/aromatic N) is 1. The number of hydrogen-bond donors (Lipinski definition) is 0. The van der Waals surface area contributed by atoms with Crippen LogP contribution >= 0.6 is 11.6 Å². The average Bonchev–Trinajstić information content (AvgIpc) is 2.90. The number of methoxy groups -OCH3 is 1. The van der Waals surface area contributed by atoms with Crippen LogP contribution in [0.25, 0.3) is 0 Å². The minimum atomic E-state index is -1.07. The molecule has 3 aromatic rings. The standard InChI is InChI=1S/C23H19ClFNO2/c1-14-5-4-6-17(11-14)26-20-9-8-16(24)13-18(20)23(2,22(26)27)15-7-10-21(28-3)19(25)12-15/h4-13H,1-3H3. The highest BCUT2D eigenvalue weighted by molar-refractivity contribution is 6.31. The Morgan fingerprint density at radius 1 is 1.07 bits per heavy atom. The monoisotopic (exact) mass is 395 g/mol. The number of rotatable bonds is 3. The van der Waals surface area contributed by atoms with Crippen molar-refractivity contribution in [1.82, 2.24) is 0 Å². The first-order valence-corrected chi connectivity index (χ1v) is 9.29. The van der Waals surface area contributed by atoms with E-state index in [1.807, 2.05) is 44.2 Å². The highest BCUT2D eigenvalue weighted by atomic mass is 35.5. The highest BCUT2D eigenvalue weighted by Gasteiger charge is 2.49. The minimum Gasteiger partial charge on any atom is -0.494 e. The molecule has 1 amide bonds. The Kier molecular flexibility index (Phi) is 4.39. The second-order valence-electron chi connectivity index (χ2n) is 7.12. The molecule has 142 valence electrons. The zero-order chi connectivity index (χ0) is 20.1. The lowest BCUT2D eigenvalue weighted by atomic mass is 9.77. The number of fused-ring (bicyclic) bond motifs is 1. The number of benzene rings is 3. The normalized spacial score (nSPS) is 18.3. The zero-order valence-electron chi connectivity index (χ0n) is 15.8. The first kappa shape index (κ1) is 18.5. The van der Waals surface area contributed by atoms with Crippen LogP contribution in [0.5, 0.6) is 5.75 Å². The van der Waals surface area contributed by atoms with Crippen molar-refractivity contribution < 1.29 is 13.9 Å². The van der Waals surface area contributed by atoms with Crippen molar-refractivity contribution in [3.63, 3.8) is 0 Å². The first-order valence-electron chi connectivity index (χ1n) is 8.91. The molecule has 0 spiro atoms. The fraction of sp³-hybridized carbons (Fsp3) is 0.174. The van der Waals surface area contributed by atoms with E-state index in [0.29, 0.717) is 10.6 Å². The summed E-state index contributed by atoms with van der Waals surface area (Å²) in [4.78, 5) is 15.4. The molecule has 1 aliphatic heterocycles. The van der Waals surface area contributed by atoms with Gasteiger partial charge in [0.1, 0.15) is 0 Å². The Balaban J connectivity index is 1.95. The van der Waals surface area contributed by atoms with E-state index in [2.05, 4.69) is 0 Å². The summed E-state index contributed by atoms with van der Waals surface area (Å²) in [5, 5.41) is 0.526. The summed E-state index contributed by atoms with van der Waals surface area (Å²) in [5.74, 6) is -0.522. The Bertz CT molecular complexity index is 1100. The number of carbonyl (C=O) groups excluding carboxylic acids is 1. The maximum Gasteiger partial charge on any atom is 0.246 e. The van der Waals surface area contributed by atoms with E-state index < -0.39 is 11.2 Å². The van der Waals surface area contributed by atoms with Crippen molar-refractivity contribution >= 4 is 28.9 Å². The van der Waals surface area contributed by atoms with Crippen LogP contribution < -0.4 is 9.64 Å². The Morgan fingerprint density at radius 3 is 2.54 bits per heavy atom. The zero-order valence-corrected chi connectivity index (χ0v) is 16.5. The molecule has 0 fully saturated rings.